The monoisotopic (exact) mass is 291 g/mol. The molecule has 4 nitrogen and oxygen atoms in total. The maximum atomic E-state index is 11.8. The quantitative estimate of drug-likeness (QED) is 0.779. The Balaban J connectivity index is 1.86. The number of aromatic nitrogens is 2. The standard InChI is InChI=1S/C13H10ClN3OS/c14-8-3-1-2-4-9(8)15-7-11-16-10-5-6-19-12(10)13(18)17-11/h1-6,15H,7H2,(H,16,17,18). The molecule has 6 heteroatoms. The number of fused-ring (bicyclic) bond motifs is 1. The number of para-hydroxylation sites is 1. The van der Waals surface area contributed by atoms with Gasteiger partial charge in [-0.2, -0.15) is 0 Å². The first-order valence-electron chi connectivity index (χ1n) is 5.69. The van der Waals surface area contributed by atoms with E-state index in [1.807, 2.05) is 35.7 Å². The summed E-state index contributed by atoms with van der Waals surface area (Å²) in [4.78, 5) is 19.0. The van der Waals surface area contributed by atoms with E-state index in [0.29, 0.717) is 22.1 Å². The fourth-order valence-corrected chi connectivity index (χ4v) is 2.72. The molecule has 0 saturated carbocycles. The first-order chi connectivity index (χ1) is 9.24. The normalized spacial score (nSPS) is 10.8. The van der Waals surface area contributed by atoms with Crippen LogP contribution in [0.15, 0.2) is 40.5 Å². The van der Waals surface area contributed by atoms with Gasteiger partial charge in [-0.25, -0.2) is 4.98 Å². The second-order valence-electron chi connectivity index (χ2n) is 3.98. The van der Waals surface area contributed by atoms with E-state index in [1.165, 1.54) is 11.3 Å². The number of nitrogens with one attached hydrogen (secondary N) is 2. The fourth-order valence-electron chi connectivity index (χ4n) is 1.79. The highest BCUT2D eigenvalue weighted by Gasteiger charge is 2.05. The number of H-pyrrole nitrogens is 1. The molecule has 0 aliphatic carbocycles. The molecule has 0 unspecified atom stereocenters. The van der Waals surface area contributed by atoms with Crippen LogP contribution < -0.4 is 10.9 Å². The van der Waals surface area contributed by atoms with Gasteiger partial charge in [0.2, 0.25) is 0 Å². The predicted molar refractivity (Wildman–Crippen MR) is 79.0 cm³/mol. The van der Waals surface area contributed by atoms with E-state index in [-0.39, 0.29) is 5.56 Å². The topological polar surface area (TPSA) is 57.8 Å². The van der Waals surface area contributed by atoms with Gasteiger partial charge in [-0.1, -0.05) is 23.7 Å². The number of hydrogen-bond acceptors (Lipinski definition) is 4. The summed E-state index contributed by atoms with van der Waals surface area (Å²) in [5.74, 6) is 0.593. The van der Waals surface area contributed by atoms with Crippen LogP contribution in [-0.4, -0.2) is 9.97 Å². The molecule has 2 N–H and O–H groups in total. The third-order valence-electron chi connectivity index (χ3n) is 2.68. The Labute approximate surface area is 118 Å². The van der Waals surface area contributed by atoms with Crippen LogP contribution in [0.4, 0.5) is 5.69 Å². The Morgan fingerprint density at radius 3 is 3.00 bits per heavy atom. The molecule has 96 valence electrons. The molecule has 19 heavy (non-hydrogen) atoms. The van der Waals surface area contributed by atoms with E-state index in [2.05, 4.69) is 15.3 Å². The van der Waals surface area contributed by atoms with Crippen molar-refractivity contribution in [2.75, 3.05) is 5.32 Å². The molecule has 1 aromatic carbocycles. The highest BCUT2D eigenvalue weighted by molar-refractivity contribution is 7.17. The van der Waals surface area contributed by atoms with Crippen LogP contribution in [0.5, 0.6) is 0 Å². The van der Waals surface area contributed by atoms with Crippen molar-refractivity contribution in [1.29, 1.82) is 0 Å². The van der Waals surface area contributed by atoms with E-state index in [9.17, 15) is 4.79 Å². The zero-order valence-electron chi connectivity index (χ0n) is 9.81. The Morgan fingerprint density at radius 2 is 2.16 bits per heavy atom. The molecular weight excluding hydrogens is 282 g/mol. The Bertz CT molecular complexity index is 781. The summed E-state index contributed by atoms with van der Waals surface area (Å²) < 4.78 is 0.654. The highest BCUT2D eigenvalue weighted by atomic mass is 35.5. The third-order valence-corrected chi connectivity index (χ3v) is 3.92. The third kappa shape index (κ3) is 2.47. The zero-order valence-corrected chi connectivity index (χ0v) is 11.4. The number of aromatic amines is 1. The smallest absolute Gasteiger partial charge is 0.268 e. The van der Waals surface area contributed by atoms with Gasteiger partial charge in [0.05, 0.1) is 22.8 Å². The lowest BCUT2D eigenvalue weighted by molar-refractivity contribution is 0.956. The van der Waals surface area contributed by atoms with Crippen LogP contribution in [-0.2, 0) is 6.54 Å². The summed E-state index contributed by atoms with van der Waals surface area (Å²) in [6.45, 7) is 0.421. The number of benzene rings is 1. The molecule has 0 aliphatic rings. The number of hydrogen-bond donors (Lipinski definition) is 2. The van der Waals surface area contributed by atoms with Crippen LogP contribution in [0.25, 0.3) is 10.2 Å². The molecule has 0 bridgehead atoms. The lowest BCUT2D eigenvalue weighted by Gasteiger charge is -2.07. The van der Waals surface area contributed by atoms with E-state index < -0.39 is 0 Å². The molecule has 0 amide bonds. The largest absolute Gasteiger partial charge is 0.377 e. The summed E-state index contributed by atoms with van der Waals surface area (Å²) in [5.41, 5.74) is 1.44. The van der Waals surface area contributed by atoms with Crippen molar-refractivity contribution in [3.63, 3.8) is 0 Å². The van der Waals surface area contributed by atoms with Gasteiger partial charge in [-0.05, 0) is 23.6 Å². The first-order valence-corrected chi connectivity index (χ1v) is 6.94. The van der Waals surface area contributed by atoms with Crippen LogP contribution in [0, 0.1) is 0 Å². The van der Waals surface area contributed by atoms with Crippen LogP contribution in [0.1, 0.15) is 5.82 Å². The molecule has 0 fully saturated rings. The summed E-state index contributed by atoms with van der Waals surface area (Å²) in [6.07, 6.45) is 0. The van der Waals surface area contributed by atoms with Crippen molar-refractivity contribution in [1.82, 2.24) is 9.97 Å². The van der Waals surface area contributed by atoms with Gasteiger partial charge in [0.15, 0.2) is 0 Å². The van der Waals surface area contributed by atoms with Crippen molar-refractivity contribution in [3.05, 3.63) is 56.9 Å². The minimum Gasteiger partial charge on any atom is -0.377 e. The number of thiophene rings is 1. The van der Waals surface area contributed by atoms with Gasteiger partial charge in [0.1, 0.15) is 10.5 Å². The van der Waals surface area contributed by atoms with Crippen molar-refractivity contribution >= 4 is 38.8 Å². The molecule has 0 spiro atoms. The predicted octanol–water partition coefficient (Wildman–Crippen LogP) is 3.25. The van der Waals surface area contributed by atoms with Crippen LogP contribution in [0.3, 0.4) is 0 Å². The molecule has 2 aromatic heterocycles. The summed E-state index contributed by atoms with van der Waals surface area (Å²) in [6, 6.07) is 9.29. The Kier molecular flexibility index (Phi) is 3.23. The molecular formula is C13H10ClN3OS. The summed E-state index contributed by atoms with van der Waals surface area (Å²) in [7, 11) is 0. The minimum atomic E-state index is -0.101. The van der Waals surface area contributed by atoms with Gasteiger partial charge in [0, 0.05) is 0 Å². The van der Waals surface area contributed by atoms with E-state index >= 15 is 0 Å². The highest BCUT2D eigenvalue weighted by Crippen LogP contribution is 2.21. The number of rotatable bonds is 3. The molecule has 0 saturated heterocycles. The maximum absolute atomic E-state index is 11.8. The second-order valence-corrected chi connectivity index (χ2v) is 5.30. The lowest BCUT2D eigenvalue weighted by atomic mass is 10.3. The Morgan fingerprint density at radius 1 is 1.32 bits per heavy atom. The molecule has 3 rings (SSSR count). The zero-order chi connectivity index (χ0) is 13.2. The lowest BCUT2D eigenvalue weighted by Crippen LogP contribution is -2.13. The van der Waals surface area contributed by atoms with Crippen LogP contribution >= 0.6 is 22.9 Å². The van der Waals surface area contributed by atoms with E-state index in [0.717, 1.165) is 11.2 Å². The van der Waals surface area contributed by atoms with Crippen molar-refractivity contribution in [2.24, 2.45) is 0 Å². The average molecular weight is 292 g/mol. The molecule has 2 heterocycles. The summed E-state index contributed by atoms with van der Waals surface area (Å²) in [5, 5.41) is 5.65. The van der Waals surface area contributed by atoms with Gasteiger partial charge in [0.25, 0.3) is 5.56 Å². The fraction of sp³-hybridized carbons (Fsp3) is 0.0769. The van der Waals surface area contributed by atoms with Crippen molar-refractivity contribution in [2.45, 2.75) is 6.54 Å². The molecule has 0 atom stereocenters. The average Bonchev–Trinajstić information content (AvgIpc) is 2.87. The summed E-state index contributed by atoms with van der Waals surface area (Å²) >= 11 is 7.44. The second kappa shape index (κ2) is 5.03. The minimum absolute atomic E-state index is 0.101. The maximum Gasteiger partial charge on any atom is 0.268 e. The number of anilines is 1. The van der Waals surface area contributed by atoms with Gasteiger partial charge < -0.3 is 10.3 Å². The van der Waals surface area contributed by atoms with E-state index in [4.69, 9.17) is 11.6 Å². The van der Waals surface area contributed by atoms with Gasteiger partial charge >= 0.3 is 0 Å². The van der Waals surface area contributed by atoms with Crippen LogP contribution in [0.2, 0.25) is 5.02 Å². The first kappa shape index (κ1) is 12.2. The van der Waals surface area contributed by atoms with Crippen molar-refractivity contribution < 1.29 is 0 Å². The van der Waals surface area contributed by atoms with E-state index in [1.54, 1.807) is 0 Å². The number of halogens is 1. The number of nitrogens with zero attached hydrogens (tertiary/aromatic N) is 1. The van der Waals surface area contributed by atoms with Gasteiger partial charge in [-0.3, -0.25) is 4.79 Å². The molecule has 3 aromatic rings. The molecule has 0 radical (unpaired) electrons. The molecule has 0 aliphatic heterocycles. The Hall–Kier alpha value is -1.85. The van der Waals surface area contributed by atoms with Gasteiger partial charge in [-0.15, -0.1) is 11.3 Å². The van der Waals surface area contributed by atoms with Crippen molar-refractivity contribution in [3.8, 4) is 0 Å². The SMILES string of the molecule is O=c1[nH]c(CNc2ccccc2Cl)nc2ccsc12.